The van der Waals surface area contributed by atoms with Crippen molar-refractivity contribution >= 4 is 17.6 Å². The van der Waals surface area contributed by atoms with E-state index in [-0.39, 0.29) is 0 Å². The number of alkyl halides is 3. The zero-order valence-electron chi connectivity index (χ0n) is 12.6. The van der Waals surface area contributed by atoms with Crippen molar-refractivity contribution in [2.45, 2.75) is 39.5 Å². The van der Waals surface area contributed by atoms with Crippen molar-refractivity contribution in [3.05, 3.63) is 44.2 Å². The summed E-state index contributed by atoms with van der Waals surface area (Å²) >= 11 is 1.32. The Bertz CT molecular complexity index is 638. The number of halogens is 3. The average molecular weight is 330 g/mol. The van der Waals surface area contributed by atoms with Crippen LogP contribution in [0.25, 0.3) is 0 Å². The lowest BCUT2D eigenvalue weighted by Gasteiger charge is -2.27. The van der Waals surface area contributed by atoms with Gasteiger partial charge in [-0.05, 0) is 50.5 Å². The molecule has 0 amide bonds. The van der Waals surface area contributed by atoms with Gasteiger partial charge in [0.2, 0.25) is 0 Å². The molecule has 1 unspecified atom stereocenters. The van der Waals surface area contributed by atoms with Gasteiger partial charge in [0.25, 0.3) is 0 Å². The molecule has 0 bridgehead atoms. The molecule has 2 nitrogen and oxygen atoms in total. The predicted octanol–water partition coefficient (Wildman–Crippen LogP) is 5.16. The van der Waals surface area contributed by atoms with Gasteiger partial charge in [0, 0.05) is 10.5 Å². The number of ether oxygens (including phenoxy) is 1. The van der Waals surface area contributed by atoms with Gasteiger partial charge in [0.15, 0.2) is 6.29 Å². The Morgan fingerprint density at radius 1 is 1.41 bits per heavy atom. The van der Waals surface area contributed by atoms with Gasteiger partial charge in [-0.2, -0.15) is 13.2 Å². The van der Waals surface area contributed by atoms with Gasteiger partial charge < -0.3 is 4.74 Å². The molecular formula is C16H17F3O2S. The van der Waals surface area contributed by atoms with Crippen LogP contribution in [0.2, 0.25) is 0 Å². The first-order valence-electron chi connectivity index (χ1n) is 6.86. The summed E-state index contributed by atoms with van der Waals surface area (Å²) in [7, 11) is 0. The minimum Gasteiger partial charge on any atom is -0.368 e. The summed E-state index contributed by atoms with van der Waals surface area (Å²) in [5.74, 6) is 0. The van der Waals surface area contributed by atoms with E-state index in [1.165, 1.54) is 11.3 Å². The third-order valence-corrected chi connectivity index (χ3v) is 4.72. The molecule has 0 fully saturated rings. The van der Waals surface area contributed by atoms with Crippen molar-refractivity contribution in [3.8, 4) is 0 Å². The molecular weight excluding hydrogens is 313 g/mol. The molecule has 0 N–H and O–H groups in total. The summed E-state index contributed by atoms with van der Waals surface area (Å²) in [6, 6.07) is 1.70. The van der Waals surface area contributed by atoms with Crippen LogP contribution in [0.15, 0.2) is 28.9 Å². The van der Waals surface area contributed by atoms with E-state index in [4.69, 9.17) is 4.74 Å². The van der Waals surface area contributed by atoms with Crippen molar-refractivity contribution < 1.29 is 22.7 Å². The summed E-state index contributed by atoms with van der Waals surface area (Å²) in [4.78, 5) is 12.3. The van der Waals surface area contributed by atoms with E-state index in [1.807, 2.05) is 13.8 Å². The number of thiophene rings is 1. The molecule has 0 aromatic carbocycles. The highest BCUT2D eigenvalue weighted by molar-refractivity contribution is 7.13. The van der Waals surface area contributed by atoms with Gasteiger partial charge >= 0.3 is 6.18 Å². The Morgan fingerprint density at radius 2 is 2.09 bits per heavy atom. The first-order valence-corrected chi connectivity index (χ1v) is 7.68. The first kappa shape index (κ1) is 17.0. The lowest BCUT2D eigenvalue weighted by atomic mass is 9.92. The quantitative estimate of drug-likeness (QED) is 0.716. The molecule has 0 spiro atoms. The number of hydrogen-bond acceptors (Lipinski definition) is 3. The number of carbonyl (C=O) groups is 1. The maximum Gasteiger partial charge on any atom is 0.412 e. The normalized spacial score (nSPS) is 20.5. The number of carbonyl (C=O) groups excluding carboxylic acids is 1. The smallest absolute Gasteiger partial charge is 0.368 e. The number of aryl methyl sites for hydroxylation is 1. The largest absolute Gasteiger partial charge is 0.412 e. The van der Waals surface area contributed by atoms with Crippen LogP contribution in [0.4, 0.5) is 13.2 Å². The van der Waals surface area contributed by atoms with Crippen molar-refractivity contribution in [3.63, 3.8) is 0 Å². The summed E-state index contributed by atoms with van der Waals surface area (Å²) in [6.07, 6.45) is -2.38. The molecule has 0 radical (unpaired) electrons. The lowest BCUT2D eigenvalue weighted by molar-refractivity contribution is -0.0914. The third kappa shape index (κ3) is 3.50. The summed E-state index contributed by atoms with van der Waals surface area (Å²) in [5.41, 5.74) is 1.55. The Labute approximate surface area is 131 Å². The molecule has 1 aliphatic rings. The Balaban J connectivity index is 2.47. The maximum absolute atomic E-state index is 12.8. The molecule has 120 valence electrons. The summed E-state index contributed by atoms with van der Waals surface area (Å²) in [5, 5.41) is 0. The molecule has 1 aromatic heterocycles. The van der Waals surface area contributed by atoms with Gasteiger partial charge in [-0.3, -0.25) is 4.79 Å². The zero-order chi connectivity index (χ0) is 16.5. The summed E-state index contributed by atoms with van der Waals surface area (Å²) in [6.45, 7) is 5.19. The first-order chi connectivity index (χ1) is 10.2. The van der Waals surface area contributed by atoms with E-state index in [9.17, 15) is 18.0 Å². The monoisotopic (exact) mass is 330 g/mol. The number of rotatable bonds is 3. The van der Waals surface area contributed by atoms with Crippen LogP contribution >= 0.6 is 11.3 Å². The van der Waals surface area contributed by atoms with Gasteiger partial charge in [-0.1, -0.05) is 5.57 Å². The topological polar surface area (TPSA) is 26.3 Å². The third-order valence-electron chi connectivity index (χ3n) is 3.73. The van der Waals surface area contributed by atoms with E-state index in [2.05, 4.69) is 0 Å². The molecule has 0 saturated heterocycles. The highest BCUT2D eigenvalue weighted by atomic mass is 32.1. The molecule has 2 heterocycles. The molecule has 22 heavy (non-hydrogen) atoms. The van der Waals surface area contributed by atoms with Crippen LogP contribution in [0, 0.1) is 6.92 Å². The van der Waals surface area contributed by atoms with Crippen LogP contribution < -0.4 is 0 Å². The van der Waals surface area contributed by atoms with Crippen LogP contribution in [0.3, 0.4) is 0 Å². The van der Waals surface area contributed by atoms with Crippen LogP contribution in [-0.4, -0.2) is 19.1 Å². The van der Waals surface area contributed by atoms with E-state index in [0.717, 1.165) is 35.3 Å². The Morgan fingerprint density at radius 3 is 2.64 bits per heavy atom. The fourth-order valence-corrected chi connectivity index (χ4v) is 3.27. The molecule has 2 rings (SSSR count). The van der Waals surface area contributed by atoms with E-state index in [1.54, 1.807) is 6.07 Å². The summed E-state index contributed by atoms with van der Waals surface area (Å²) < 4.78 is 44.2. The second-order valence-electron chi connectivity index (χ2n) is 5.34. The van der Waals surface area contributed by atoms with Crippen LogP contribution in [0.1, 0.15) is 46.5 Å². The molecule has 0 saturated carbocycles. The second kappa shape index (κ2) is 6.38. The minimum absolute atomic E-state index is 0.463. The van der Waals surface area contributed by atoms with Gasteiger partial charge in [0.1, 0.15) is 6.10 Å². The van der Waals surface area contributed by atoms with E-state index in [0.29, 0.717) is 23.5 Å². The highest BCUT2D eigenvalue weighted by Crippen LogP contribution is 2.40. The maximum atomic E-state index is 12.8. The van der Waals surface area contributed by atoms with Crippen molar-refractivity contribution in [2.75, 3.05) is 6.61 Å². The molecule has 6 heteroatoms. The van der Waals surface area contributed by atoms with E-state index < -0.39 is 17.9 Å². The van der Waals surface area contributed by atoms with Crippen molar-refractivity contribution in [1.82, 2.24) is 0 Å². The average Bonchev–Trinajstić information content (AvgIpc) is 2.81. The van der Waals surface area contributed by atoms with Gasteiger partial charge in [-0.15, -0.1) is 11.3 Å². The van der Waals surface area contributed by atoms with Crippen LogP contribution in [0.5, 0.6) is 0 Å². The van der Waals surface area contributed by atoms with Gasteiger partial charge in [-0.25, -0.2) is 0 Å². The Hall–Kier alpha value is -1.40. The number of aldehydes is 1. The number of allylic oxidation sites excluding steroid dienone is 1. The Kier molecular flexibility index (Phi) is 4.92. The fourth-order valence-electron chi connectivity index (χ4n) is 2.40. The van der Waals surface area contributed by atoms with E-state index >= 15 is 0 Å². The standard InChI is InChI=1S/C16H17F3O2S/c1-9-4-5-21-15(13(9)6-10(2)16(17,18)19)14-7-12(8-20)22-11(14)3/h6-8,15H,4-5H2,1-3H3/b10-6+. The number of hydrogen-bond donors (Lipinski definition) is 0. The van der Waals surface area contributed by atoms with Crippen LogP contribution in [-0.2, 0) is 4.74 Å². The fraction of sp³-hybridized carbons (Fsp3) is 0.438. The highest BCUT2D eigenvalue weighted by Gasteiger charge is 2.32. The van der Waals surface area contributed by atoms with Crippen molar-refractivity contribution in [2.24, 2.45) is 0 Å². The second-order valence-corrected chi connectivity index (χ2v) is 6.63. The molecule has 1 aromatic rings. The zero-order valence-corrected chi connectivity index (χ0v) is 13.4. The van der Waals surface area contributed by atoms with Gasteiger partial charge in [0.05, 0.1) is 11.5 Å². The molecule has 1 aliphatic heterocycles. The molecule has 0 aliphatic carbocycles. The molecule has 1 atom stereocenters. The lowest BCUT2D eigenvalue weighted by Crippen LogP contribution is -2.17. The van der Waals surface area contributed by atoms with Crippen molar-refractivity contribution in [1.29, 1.82) is 0 Å². The SMILES string of the molecule is CC1=C(/C=C(\C)C(F)(F)F)C(c2cc(C=O)sc2C)OCC1. The predicted molar refractivity (Wildman–Crippen MR) is 80.3 cm³/mol. The minimum atomic E-state index is -4.35.